The highest BCUT2D eigenvalue weighted by atomic mass is 32.1. The number of pyridine rings is 1. The molecule has 6 nitrogen and oxygen atoms in total. The van der Waals surface area contributed by atoms with Crippen molar-refractivity contribution in [3.8, 4) is 11.4 Å². The lowest BCUT2D eigenvalue weighted by atomic mass is 10.2. The molecule has 4 rings (SSSR count). The molecule has 0 unspecified atom stereocenters. The van der Waals surface area contributed by atoms with Gasteiger partial charge in [0.15, 0.2) is 0 Å². The normalized spacial score (nSPS) is 14.2. The highest BCUT2D eigenvalue weighted by Crippen LogP contribution is 2.26. The van der Waals surface area contributed by atoms with Crippen LogP contribution in [0.2, 0.25) is 0 Å². The molecule has 132 valence electrons. The lowest BCUT2D eigenvalue weighted by Crippen LogP contribution is -2.43. The fourth-order valence-corrected chi connectivity index (χ4v) is 3.52. The minimum Gasteiger partial charge on any atom is -0.367 e. The van der Waals surface area contributed by atoms with E-state index < -0.39 is 0 Å². The third-order valence-electron chi connectivity index (χ3n) is 4.33. The van der Waals surface area contributed by atoms with Gasteiger partial charge >= 0.3 is 0 Å². The molecule has 1 amide bonds. The number of anilines is 2. The number of nitrogens with zero attached hydrogens (tertiary/aromatic N) is 3. The molecule has 3 heterocycles. The number of thiazole rings is 1. The summed E-state index contributed by atoms with van der Waals surface area (Å²) in [5.74, 6) is -0.162. The zero-order valence-electron chi connectivity index (χ0n) is 14.2. The number of hydrogen-bond donors (Lipinski definition) is 2. The molecule has 26 heavy (non-hydrogen) atoms. The molecule has 1 saturated heterocycles. The summed E-state index contributed by atoms with van der Waals surface area (Å²) < 4.78 is 0. The van der Waals surface area contributed by atoms with Crippen LogP contribution in [0.25, 0.3) is 11.4 Å². The van der Waals surface area contributed by atoms with Gasteiger partial charge in [0.2, 0.25) is 0 Å². The standard InChI is InChI=1S/C19H19N5OS/c25-19(14-5-6-15(21-11-14)17-12-26-13-22-17)23-16-3-1-2-4-18(16)24-9-7-20-8-10-24/h1-6,11-13,20H,7-10H2,(H,23,25). The van der Waals surface area contributed by atoms with Gasteiger partial charge in [0, 0.05) is 37.8 Å². The van der Waals surface area contributed by atoms with Gasteiger partial charge in [-0.2, -0.15) is 0 Å². The van der Waals surface area contributed by atoms with Gasteiger partial charge in [-0.15, -0.1) is 11.3 Å². The predicted octanol–water partition coefficient (Wildman–Crippen LogP) is 2.87. The van der Waals surface area contributed by atoms with E-state index >= 15 is 0 Å². The number of aromatic nitrogens is 2. The van der Waals surface area contributed by atoms with Gasteiger partial charge in [0.05, 0.1) is 33.8 Å². The highest BCUT2D eigenvalue weighted by molar-refractivity contribution is 7.07. The fraction of sp³-hybridized carbons (Fsp3) is 0.211. The number of carbonyl (C=O) groups excluding carboxylic acids is 1. The summed E-state index contributed by atoms with van der Waals surface area (Å²) in [7, 11) is 0. The molecule has 1 aliphatic heterocycles. The highest BCUT2D eigenvalue weighted by Gasteiger charge is 2.16. The van der Waals surface area contributed by atoms with E-state index in [2.05, 4.69) is 25.5 Å². The minimum atomic E-state index is -0.162. The Labute approximate surface area is 155 Å². The molecule has 2 N–H and O–H groups in total. The van der Waals surface area contributed by atoms with Gasteiger partial charge in [-0.25, -0.2) is 4.98 Å². The third kappa shape index (κ3) is 3.58. The van der Waals surface area contributed by atoms with E-state index in [-0.39, 0.29) is 5.91 Å². The Morgan fingerprint density at radius 2 is 1.92 bits per heavy atom. The Bertz CT molecular complexity index is 873. The maximum atomic E-state index is 12.7. The minimum absolute atomic E-state index is 0.162. The van der Waals surface area contributed by atoms with Crippen molar-refractivity contribution in [1.29, 1.82) is 0 Å². The monoisotopic (exact) mass is 365 g/mol. The first-order chi connectivity index (χ1) is 12.8. The van der Waals surface area contributed by atoms with Crippen LogP contribution in [-0.4, -0.2) is 42.1 Å². The second-order valence-corrected chi connectivity index (χ2v) is 6.73. The zero-order chi connectivity index (χ0) is 17.8. The molecule has 1 aliphatic rings. The van der Waals surface area contributed by atoms with Crippen molar-refractivity contribution in [2.45, 2.75) is 0 Å². The number of piperazine rings is 1. The van der Waals surface area contributed by atoms with Crippen molar-refractivity contribution in [3.63, 3.8) is 0 Å². The summed E-state index contributed by atoms with van der Waals surface area (Å²) >= 11 is 1.52. The first kappa shape index (κ1) is 16.7. The fourth-order valence-electron chi connectivity index (χ4n) is 2.97. The second kappa shape index (κ2) is 7.63. The van der Waals surface area contributed by atoms with Crippen molar-refractivity contribution >= 4 is 28.6 Å². The second-order valence-electron chi connectivity index (χ2n) is 6.01. The molecular formula is C19H19N5OS. The van der Waals surface area contributed by atoms with E-state index in [1.807, 2.05) is 35.7 Å². The van der Waals surface area contributed by atoms with Crippen molar-refractivity contribution in [1.82, 2.24) is 15.3 Å². The van der Waals surface area contributed by atoms with E-state index in [1.165, 1.54) is 11.3 Å². The predicted molar refractivity (Wildman–Crippen MR) is 105 cm³/mol. The third-order valence-corrected chi connectivity index (χ3v) is 4.92. The molecular weight excluding hydrogens is 346 g/mol. The van der Waals surface area contributed by atoms with E-state index in [0.717, 1.165) is 48.9 Å². The smallest absolute Gasteiger partial charge is 0.257 e. The van der Waals surface area contributed by atoms with Crippen molar-refractivity contribution in [3.05, 3.63) is 59.0 Å². The van der Waals surface area contributed by atoms with Crippen LogP contribution >= 0.6 is 11.3 Å². The Kier molecular flexibility index (Phi) is 4.90. The van der Waals surface area contributed by atoms with E-state index in [4.69, 9.17) is 0 Å². The number of para-hydroxylation sites is 2. The summed E-state index contributed by atoms with van der Waals surface area (Å²) in [6.07, 6.45) is 1.59. The topological polar surface area (TPSA) is 70.2 Å². The lowest BCUT2D eigenvalue weighted by molar-refractivity contribution is 0.102. The lowest BCUT2D eigenvalue weighted by Gasteiger charge is -2.31. The maximum absolute atomic E-state index is 12.7. The Balaban J connectivity index is 1.51. The van der Waals surface area contributed by atoms with E-state index in [1.54, 1.807) is 17.8 Å². The molecule has 3 aromatic rings. The van der Waals surface area contributed by atoms with E-state index in [9.17, 15) is 4.79 Å². The van der Waals surface area contributed by atoms with Crippen LogP contribution in [0.15, 0.2) is 53.5 Å². The van der Waals surface area contributed by atoms with Crippen LogP contribution in [-0.2, 0) is 0 Å². The average molecular weight is 365 g/mol. The Morgan fingerprint density at radius 3 is 2.65 bits per heavy atom. The van der Waals surface area contributed by atoms with Crippen molar-refractivity contribution < 1.29 is 4.79 Å². The number of amides is 1. The Morgan fingerprint density at radius 1 is 1.08 bits per heavy atom. The molecule has 0 atom stereocenters. The molecule has 0 bridgehead atoms. The van der Waals surface area contributed by atoms with Gasteiger partial charge in [-0.1, -0.05) is 12.1 Å². The SMILES string of the molecule is O=C(Nc1ccccc1N1CCNCC1)c1ccc(-c2cscn2)nc1. The van der Waals surface area contributed by atoms with Gasteiger partial charge in [-0.05, 0) is 24.3 Å². The molecule has 2 aromatic heterocycles. The number of rotatable bonds is 4. The first-order valence-corrected chi connectivity index (χ1v) is 9.46. The molecule has 1 fully saturated rings. The van der Waals surface area contributed by atoms with Crippen LogP contribution in [0.1, 0.15) is 10.4 Å². The molecule has 1 aromatic carbocycles. The number of hydrogen-bond acceptors (Lipinski definition) is 6. The summed E-state index contributed by atoms with van der Waals surface area (Å²) in [5, 5.41) is 8.31. The van der Waals surface area contributed by atoms with Crippen LogP contribution in [0.5, 0.6) is 0 Å². The quantitative estimate of drug-likeness (QED) is 0.744. The van der Waals surface area contributed by atoms with Crippen LogP contribution in [0.3, 0.4) is 0 Å². The van der Waals surface area contributed by atoms with Crippen molar-refractivity contribution in [2.75, 3.05) is 36.4 Å². The van der Waals surface area contributed by atoms with Gasteiger partial charge in [0.1, 0.15) is 0 Å². The van der Waals surface area contributed by atoms with Crippen LogP contribution in [0.4, 0.5) is 11.4 Å². The van der Waals surface area contributed by atoms with Gasteiger partial charge < -0.3 is 15.5 Å². The summed E-state index contributed by atoms with van der Waals surface area (Å²) in [6.45, 7) is 3.75. The van der Waals surface area contributed by atoms with Crippen LogP contribution in [0, 0.1) is 0 Å². The van der Waals surface area contributed by atoms with E-state index in [0.29, 0.717) is 5.56 Å². The largest absolute Gasteiger partial charge is 0.367 e. The summed E-state index contributed by atoms with van der Waals surface area (Å²) in [4.78, 5) is 23.5. The molecule has 0 saturated carbocycles. The zero-order valence-corrected chi connectivity index (χ0v) is 15.0. The molecule has 0 aliphatic carbocycles. The van der Waals surface area contributed by atoms with Gasteiger partial charge in [0.25, 0.3) is 5.91 Å². The Hall–Kier alpha value is -2.77. The number of nitrogens with one attached hydrogen (secondary N) is 2. The van der Waals surface area contributed by atoms with Crippen molar-refractivity contribution in [2.24, 2.45) is 0 Å². The average Bonchev–Trinajstić information content (AvgIpc) is 3.24. The summed E-state index contributed by atoms with van der Waals surface area (Å²) in [6, 6.07) is 11.5. The number of benzene rings is 1. The van der Waals surface area contributed by atoms with Crippen LogP contribution < -0.4 is 15.5 Å². The maximum Gasteiger partial charge on any atom is 0.257 e. The molecule has 7 heteroatoms. The first-order valence-electron chi connectivity index (χ1n) is 8.52. The molecule has 0 radical (unpaired) electrons. The van der Waals surface area contributed by atoms with Gasteiger partial charge in [-0.3, -0.25) is 9.78 Å². The molecule has 0 spiro atoms. The summed E-state index contributed by atoms with van der Waals surface area (Å²) in [5.41, 5.74) is 5.76. The number of carbonyl (C=O) groups is 1.